The van der Waals surface area contributed by atoms with E-state index in [1.807, 2.05) is 18.0 Å². The molecule has 0 spiro atoms. The van der Waals surface area contributed by atoms with Crippen LogP contribution >= 0.6 is 0 Å². The lowest BCUT2D eigenvalue weighted by atomic mass is 10.1. The summed E-state index contributed by atoms with van der Waals surface area (Å²) in [6.07, 6.45) is 9.99. The van der Waals surface area contributed by atoms with Crippen LogP contribution in [0.3, 0.4) is 0 Å². The van der Waals surface area contributed by atoms with E-state index < -0.39 is 0 Å². The normalized spacial score (nSPS) is 23.2. The van der Waals surface area contributed by atoms with Crippen LogP contribution in [0, 0.1) is 6.92 Å². The number of amides is 1. The average molecular weight is 318 g/mol. The summed E-state index contributed by atoms with van der Waals surface area (Å²) < 4.78 is 0. The Labute approximate surface area is 139 Å². The number of likely N-dealkylation sites (tertiary alicyclic amines) is 2. The van der Waals surface area contributed by atoms with Gasteiger partial charge in [0.1, 0.15) is 5.82 Å². The van der Waals surface area contributed by atoms with Crippen molar-refractivity contribution in [1.82, 2.24) is 19.8 Å². The predicted molar refractivity (Wildman–Crippen MR) is 91.4 cm³/mol. The lowest BCUT2D eigenvalue weighted by molar-refractivity contribution is -0.130. The number of aryl methyl sites for hydroxylation is 1. The highest BCUT2D eigenvalue weighted by atomic mass is 16.2. The number of hydrogen-bond acceptors (Lipinski definition) is 3. The van der Waals surface area contributed by atoms with Crippen LogP contribution in [0.4, 0.5) is 0 Å². The van der Waals surface area contributed by atoms with Gasteiger partial charge < -0.3 is 14.8 Å². The highest BCUT2D eigenvalue weighted by Gasteiger charge is 2.28. The van der Waals surface area contributed by atoms with Crippen LogP contribution in [-0.2, 0) is 4.79 Å². The van der Waals surface area contributed by atoms with Gasteiger partial charge in [0.05, 0.1) is 0 Å². The first-order valence-electron chi connectivity index (χ1n) is 9.24. The molecule has 0 unspecified atom stereocenters. The van der Waals surface area contributed by atoms with E-state index in [2.05, 4.69) is 14.9 Å². The summed E-state index contributed by atoms with van der Waals surface area (Å²) in [5.41, 5.74) is 1.10. The Hall–Kier alpha value is -1.36. The van der Waals surface area contributed by atoms with E-state index in [1.165, 1.54) is 38.8 Å². The molecule has 23 heavy (non-hydrogen) atoms. The number of imidazole rings is 1. The second-order valence-corrected chi connectivity index (χ2v) is 7.14. The third-order valence-corrected chi connectivity index (χ3v) is 5.21. The van der Waals surface area contributed by atoms with Crippen molar-refractivity contribution >= 4 is 5.91 Å². The fourth-order valence-electron chi connectivity index (χ4n) is 3.82. The summed E-state index contributed by atoms with van der Waals surface area (Å²) in [6, 6.07) is 0. The third kappa shape index (κ3) is 4.56. The van der Waals surface area contributed by atoms with Crippen LogP contribution in [0.5, 0.6) is 0 Å². The molecule has 3 rings (SSSR count). The molecule has 1 aromatic rings. The Kier molecular flexibility index (Phi) is 5.70. The number of rotatable bonds is 5. The molecule has 3 heterocycles. The molecule has 2 aliphatic heterocycles. The highest BCUT2D eigenvalue weighted by Crippen LogP contribution is 2.25. The molecule has 5 heteroatoms. The van der Waals surface area contributed by atoms with Crippen molar-refractivity contribution in [2.24, 2.45) is 0 Å². The highest BCUT2D eigenvalue weighted by molar-refractivity contribution is 5.76. The van der Waals surface area contributed by atoms with Gasteiger partial charge in [0.25, 0.3) is 0 Å². The fourth-order valence-corrected chi connectivity index (χ4v) is 3.82. The van der Waals surface area contributed by atoms with Crippen molar-refractivity contribution in [3.8, 4) is 0 Å². The summed E-state index contributed by atoms with van der Waals surface area (Å²) in [6.45, 7) is 7.26. The van der Waals surface area contributed by atoms with Gasteiger partial charge >= 0.3 is 0 Å². The molecule has 1 amide bonds. The summed E-state index contributed by atoms with van der Waals surface area (Å²) in [5.74, 6) is 1.76. The number of carbonyl (C=O) groups excluding carboxylic acids is 1. The van der Waals surface area contributed by atoms with Crippen LogP contribution in [0.15, 0.2) is 6.20 Å². The molecule has 2 fully saturated rings. The first kappa shape index (κ1) is 16.5. The molecule has 0 radical (unpaired) electrons. The number of aromatic amines is 1. The summed E-state index contributed by atoms with van der Waals surface area (Å²) in [7, 11) is 0. The van der Waals surface area contributed by atoms with E-state index in [0.717, 1.165) is 44.0 Å². The molecular weight excluding hydrogens is 288 g/mol. The number of H-pyrrole nitrogens is 1. The van der Waals surface area contributed by atoms with Crippen molar-refractivity contribution in [3.05, 3.63) is 17.7 Å². The monoisotopic (exact) mass is 318 g/mol. The van der Waals surface area contributed by atoms with Gasteiger partial charge in [-0.2, -0.15) is 0 Å². The Bertz CT molecular complexity index is 505. The first-order chi connectivity index (χ1) is 11.2. The summed E-state index contributed by atoms with van der Waals surface area (Å²) in [4.78, 5) is 24.7. The quantitative estimate of drug-likeness (QED) is 0.908. The van der Waals surface area contributed by atoms with E-state index in [1.54, 1.807) is 0 Å². The second-order valence-electron chi connectivity index (χ2n) is 7.14. The van der Waals surface area contributed by atoms with E-state index in [0.29, 0.717) is 18.2 Å². The lowest BCUT2D eigenvalue weighted by Crippen LogP contribution is -2.30. The van der Waals surface area contributed by atoms with Gasteiger partial charge in [-0.15, -0.1) is 0 Å². The molecule has 1 N–H and O–H groups in total. The summed E-state index contributed by atoms with van der Waals surface area (Å²) >= 11 is 0. The minimum Gasteiger partial charge on any atom is -0.346 e. The first-order valence-corrected chi connectivity index (χ1v) is 9.24. The topological polar surface area (TPSA) is 52.2 Å². The minimum absolute atomic E-state index is 0.325. The molecule has 0 saturated carbocycles. The van der Waals surface area contributed by atoms with Crippen molar-refractivity contribution in [2.45, 2.75) is 57.8 Å². The van der Waals surface area contributed by atoms with Crippen molar-refractivity contribution in [3.63, 3.8) is 0 Å². The van der Waals surface area contributed by atoms with Crippen molar-refractivity contribution < 1.29 is 4.79 Å². The average Bonchev–Trinajstić information content (AvgIpc) is 3.11. The lowest BCUT2D eigenvalue weighted by Gasteiger charge is -2.21. The Morgan fingerprint density at radius 2 is 2.04 bits per heavy atom. The van der Waals surface area contributed by atoms with E-state index >= 15 is 0 Å². The van der Waals surface area contributed by atoms with Crippen LogP contribution < -0.4 is 0 Å². The summed E-state index contributed by atoms with van der Waals surface area (Å²) in [5, 5.41) is 0. The predicted octanol–water partition coefficient (Wildman–Crippen LogP) is 2.69. The van der Waals surface area contributed by atoms with Gasteiger partial charge in [-0.25, -0.2) is 4.98 Å². The minimum atomic E-state index is 0.325. The zero-order valence-electron chi connectivity index (χ0n) is 14.4. The SMILES string of the molecule is Cc1cnc([C@H]2CCN(C(=O)CCCN3CCCCCC3)C2)[nH]1. The van der Waals surface area contributed by atoms with Crippen LogP contribution in [0.2, 0.25) is 0 Å². The van der Waals surface area contributed by atoms with E-state index in [4.69, 9.17) is 0 Å². The molecule has 0 aromatic carbocycles. The molecule has 2 saturated heterocycles. The number of nitrogens with one attached hydrogen (secondary N) is 1. The van der Waals surface area contributed by atoms with Gasteiger partial charge in [0.15, 0.2) is 0 Å². The molecule has 0 bridgehead atoms. The van der Waals surface area contributed by atoms with Crippen molar-refractivity contribution in [2.75, 3.05) is 32.7 Å². The number of aromatic nitrogens is 2. The zero-order chi connectivity index (χ0) is 16.1. The van der Waals surface area contributed by atoms with Gasteiger partial charge in [0.2, 0.25) is 5.91 Å². The Morgan fingerprint density at radius 3 is 2.74 bits per heavy atom. The zero-order valence-corrected chi connectivity index (χ0v) is 14.4. The largest absolute Gasteiger partial charge is 0.346 e. The molecular formula is C18H30N4O. The maximum atomic E-state index is 12.4. The van der Waals surface area contributed by atoms with Gasteiger partial charge in [-0.1, -0.05) is 12.8 Å². The molecule has 2 aliphatic rings. The Balaban J connectivity index is 1.39. The standard InChI is InChI=1S/C18H30N4O/c1-15-13-19-18(20-15)16-8-12-22(14-16)17(23)7-6-11-21-9-4-2-3-5-10-21/h13,16H,2-12,14H2,1H3,(H,19,20)/t16-/m0/s1. The molecule has 0 aliphatic carbocycles. The maximum Gasteiger partial charge on any atom is 0.222 e. The molecule has 128 valence electrons. The van der Waals surface area contributed by atoms with Crippen LogP contribution in [0.25, 0.3) is 0 Å². The number of nitrogens with zero attached hydrogens (tertiary/aromatic N) is 3. The van der Waals surface area contributed by atoms with Crippen LogP contribution in [0.1, 0.15) is 62.4 Å². The molecule has 1 atom stereocenters. The maximum absolute atomic E-state index is 12.4. The number of hydrogen-bond donors (Lipinski definition) is 1. The number of carbonyl (C=O) groups is 1. The smallest absolute Gasteiger partial charge is 0.222 e. The van der Waals surface area contributed by atoms with Crippen molar-refractivity contribution in [1.29, 1.82) is 0 Å². The van der Waals surface area contributed by atoms with E-state index in [9.17, 15) is 4.79 Å². The van der Waals surface area contributed by atoms with Crippen LogP contribution in [-0.4, -0.2) is 58.4 Å². The Morgan fingerprint density at radius 1 is 1.26 bits per heavy atom. The van der Waals surface area contributed by atoms with E-state index in [-0.39, 0.29) is 0 Å². The third-order valence-electron chi connectivity index (χ3n) is 5.21. The molecule has 1 aromatic heterocycles. The van der Waals surface area contributed by atoms with Gasteiger partial charge in [-0.05, 0) is 52.2 Å². The van der Waals surface area contributed by atoms with Gasteiger partial charge in [0, 0.05) is 37.3 Å². The molecule has 5 nitrogen and oxygen atoms in total. The van der Waals surface area contributed by atoms with Gasteiger partial charge in [-0.3, -0.25) is 4.79 Å². The fraction of sp³-hybridized carbons (Fsp3) is 0.778. The second kappa shape index (κ2) is 7.95.